The van der Waals surface area contributed by atoms with Crippen LogP contribution in [0.4, 0.5) is 0 Å². The Bertz CT molecular complexity index is 1090. The van der Waals surface area contributed by atoms with Gasteiger partial charge in [-0.05, 0) is 42.6 Å². The summed E-state index contributed by atoms with van der Waals surface area (Å²) in [7, 11) is 0. The van der Waals surface area contributed by atoms with Gasteiger partial charge in [-0.15, -0.1) is 35.3 Å². The van der Waals surface area contributed by atoms with Crippen molar-refractivity contribution >= 4 is 51.4 Å². The molecule has 1 unspecified atom stereocenters. The number of benzene rings is 2. The van der Waals surface area contributed by atoms with Gasteiger partial charge in [0, 0.05) is 28.9 Å². The first-order valence-corrected chi connectivity index (χ1v) is 10.8. The summed E-state index contributed by atoms with van der Waals surface area (Å²) in [6.45, 7) is 3.60. The Labute approximate surface area is 203 Å². The van der Waals surface area contributed by atoms with Gasteiger partial charge in [-0.1, -0.05) is 36.4 Å². The summed E-state index contributed by atoms with van der Waals surface area (Å²) >= 11 is 1.62. The van der Waals surface area contributed by atoms with E-state index in [1.54, 1.807) is 11.3 Å². The lowest BCUT2D eigenvalue weighted by Gasteiger charge is -2.14. The Morgan fingerprint density at radius 1 is 1.10 bits per heavy atom. The number of nitrogens with zero attached hydrogens (tertiary/aromatic N) is 3. The average Bonchev–Trinajstić information content (AvgIpc) is 3.43. The van der Waals surface area contributed by atoms with Crippen molar-refractivity contribution in [2.75, 3.05) is 13.1 Å². The summed E-state index contributed by atoms with van der Waals surface area (Å²) in [6, 6.07) is 22.2. The lowest BCUT2D eigenvalue weighted by molar-refractivity contribution is 0.184. The molecule has 2 aromatic heterocycles. The topological polar surface area (TPSA) is 74.5 Å². The Kier molecular flexibility index (Phi) is 8.44. The number of nitrogens with one attached hydrogen (secondary N) is 2. The Balaban J connectivity index is 0.00000272. The lowest BCUT2D eigenvalue weighted by Crippen LogP contribution is -2.39. The van der Waals surface area contributed by atoms with Crippen molar-refractivity contribution in [1.82, 2.24) is 20.4 Å². The maximum Gasteiger partial charge on any atom is 0.191 e. The third-order valence-corrected chi connectivity index (χ3v) is 5.86. The van der Waals surface area contributed by atoms with Gasteiger partial charge in [0.1, 0.15) is 6.10 Å². The zero-order valence-electron chi connectivity index (χ0n) is 17.2. The standard InChI is InChI=1S/C23H25N5OS.HI/c1-2-24-23(25-15-18-12-13-28(27-18)19-9-4-3-5-10-19)26-16-20(29)22-14-17-8-6-7-11-21(17)30-22;/h3-14,20,29H,2,15-16H2,1H3,(H2,24,25,26);1H. The molecule has 4 aromatic rings. The predicted octanol–water partition coefficient (Wildman–Crippen LogP) is 4.49. The third kappa shape index (κ3) is 6.05. The van der Waals surface area contributed by atoms with Gasteiger partial charge in [0.2, 0.25) is 0 Å². The SMILES string of the molecule is CCNC(=NCc1ccn(-c2ccccc2)n1)NCC(O)c1cc2ccccc2s1.I. The predicted molar refractivity (Wildman–Crippen MR) is 139 cm³/mol. The van der Waals surface area contributed by atoms with Crippen LogP contribution in [0.3, 0.4) is 0 Å². The Morgan fingerprint density at radius 2 is 1.87 bits per heavy atom. The summed E-state index contributed by atoms with van der Waals surface area (Å²) in [5.41, 5.74) is 1.89. The van der Waals surface area contributed by atoms with E-state index < -0.39 is 6.10 Å². The van der Waals surface area contributed by atoms with Gasteiger partial charge >= 0.3 is 0 Å². The maximum absolute atomic E-state index is 10.6. The monoisotopic (exact) mass is 547 g/mol. The minimum absolute atomic E-state index is 0. The minimum atomic E-state index is -0.594. The molecule has 162 valence electrons. The number of aliphatic imine (C=N–C) groups is 1. The number of thiophene rings is 1. The number of aromatic nitrogens is 2. The summed E-state index contributed by atoms with van der Waals surface area (Å²) in [6.07, 6.45) is 1.34. The molecule has 0 aliphatic rings. The molecular formula is C23H26IN5OS. The molecule has 0 bridgehead atoms. The van der Waals surface area contributed by atoms with Crippen LogP contribution in [0.15, 0.2) is 77.9 Å². The number of fused-ring (bicyclic) bond motifs is 1. The minimum Gasteiger partial charge on any atom is -0.386 e. The number of para-hydroxylation sites is 1. The van der Waals surface area contributed by atoms with Crippen LogP contribution in [0.1, 0.15) is 23.6 Å². The van der Waals surface area contributed by atoms with E-state index in [2.05, 4.69) is 32.9 Å². The van der Waals surface area contributed by atoms with Crippen molar-refractivity contribution in [3.8, 4) is 5.69 Å². The lowest BCUT2D eigenvalue weighted by atomic mass is 10.2. The average molecular weight is 547 g/mol. The highest BCUT2D eigenvalue weighted by Crippen LogP contribution is 2.29. The second-order valence-corrected chi connectivity index (χ2v) is 7.98. The Morgan fingerprint density at radius 3 is 2.65 bits per heavy atom. The number of aliphatic hydroxyl groups is 1. The highest BCUT2D eigenvalue weighted by atomic mass is 127. The smallest absolute Gasteiger partial charge is 0.191 e. The largest absolute Gasteiger partial charge is 0.386 e. The molecule has 0 aliphatic carbocycles. The third-order valence-electron chi connectivity index (χ3n) is 4.64. The molecule has 0 aliphatic heterocycles. The van der Waals surface area contributed by atoms with Crippen LogP contribution in [0, 0.1) is 0 Å². The maximum atomic E-state index is 10.6. The molecule has 0 saturated carbocycles. The van der Waals surface area contributed by atoms with E-state index in [4.69, 9.17) is 0 Å². The second kappa shape index (κ2) is 11.3. The quantitative estimate of drug-likeness (QED) is 0.181. The first-order chi connectivity index (χ1) is 14.7. The highest BCUT2D eigenvalue weighted by molar-refractivity contribution is 14.0. The molecule has 31 heavy (non-hydrogen) atoms. The van der Waals surface area contributed by atoms with E-state index in [9.17, 15) is 5.11 Å². The summed E-state index contributed by atoms with van der Waals surface area (Å²) in [5.74, 6) is 0.659. The molecule has 2 heterocycles. The Hall–Kier alpha value is -2.43. The number of hydrogen-bond donors (Lipinski definition) is 3. The van der Waals surface area contributed by atoms with Crippen LogP contribution in [0.5, 0.6) is 0 Å². The summed E-state index contributed by atoms with van der Waals surface area (Å²) in [5, 5.41) is 22.8. The molecule has 0 saturated heterocycles. The first kappa shape index (κ1) is 23.2. The molecule has 0 spiro atoms. The van der Waals surface area contributed by atoms with Gasteiger partial charge < -0.3 is 15.7 Å². The van der Waals surface area contributed by atoms with Crippen molar-refractivity contribution in [3.05, 3.63) is 83.5 Å². The summed E-state index contributed by atoms with van der Waals surface area (Å²) in [4.78, 5) is 5.56. The molecule has 0 amide bonds. The zero-order chi connectivity index (χ0) is 20.8. The van der Waals surface area contributed by atoms with Crippen LogP contribution >= 0.6 is 35.3 Å². The van der Waals surface area contributed by atoms with Crippen LogP contribution in [-0.2, 0) is 6.54 Å². The van der Waals surface area contributed by atoms with E-state index >= 15 is 0 Å². The van der Waals surface area contributed by atoms with Crippen LogP contribution in [0.2, 0.25) is 0 Å². The molecule has 0 radical (unpaired) electrons. The normalized spacial score (nSPS) is 12.4. The summed E-state index contributed by atoms with van der Waals surface area (Å²) < 4.78 is 3.03. The zero-order valence-corrected chi connectivity index (χ0v) is 20.4. The molecule has 2 aromatic carbocycles. The van der Waals surface area contributed by atoms with Crippen LogP contribution in [-0.4, -0.2) is 33.9 Å². The molecule has 3 N–H and O–H groups in total. The number of halogens is 1. The number of rotatable bonds is 7. The van der Waals surface area contributed by atoms with Gasteiger partial charge in [-0.2, -0.15) is 5.10 Å². The van der Waals surface area contributed by atoms with Crippen molar-refractivity contribution in [3.63, 3.8) is 0 Å². The fraction of sp³-hybridized carbons (Fsp3) is 0.217. The van der Waals surface area contributed by atoms with Crippen molar-refractivity contribution in [2.24, 2.45) is 4.99 Å². The van der Waals surface area contributed by atoms with E-state index in [-0.39, 0.29) is 24.0 Å². The van der Waals surface area contributed by atoms with Crippen LogP contribution < -0.4 is 10.6 Å². The van der Waals surface area contributed by atoms with Gasteiger partial charge in [0.25, 0.3) is 0 Å². The fourth-order valence-corrected chi connectivity index (χ4v) is 4.18. The van der Waals surface area contributed by atoms with E-state index in [0.29, 0.717) is 19.0 Å². The molecule has 1 atom stereocenters. The highest BCUT2D eigenvalue weighted by Gasteiger charge is 2.12. The number of guanidine groups is 1. The van der Waals surface area contributed by atoms with Crippen LogP contribution in [0.25, 0.3) is 15.8 Å². The van der Waals surface area contributed by atoms with E-state index in [0.717, 1.165) is 28.2 Å². The molecule has 8 heteroatoms. The van der Waals surface area contributed by atoms with Gasteiger partial charge in [0.15, 0.2) is 5.96 Å². The van der Waals surface area contributed by atoms with Gasteiger partial charge in [0.05, 0.1) is 17.9 Å². The van der Waals surface area contributed by atoms with Gasteiger partial charge in [-0.25, -0.2) is 9.67 Å². The number of hydrogen-bond acceptors (Lipinski definition) is 4. The second-order valence-electron chi connectivity index (χ2n) is 6.87. The molecule has 4 rings (SSSR count). The molecular weight excluding hydrogens is 521 g/mol. The van der Waals surface area contributed by atoms with E-state index in [1.807, 2.05) is 72.4 Å². The fourth-order valence-electron chi connectivity index (χ4n) is 3.13. The van der Waals surface area contributed by atoms with Crippen molar-refractivity contribution < 1.29 is 5.11 Å². The first-order valence-electron chi connectivity index (χ1n) is 10.0. The molecule has 6 nitrogen and oxygen atoms in total. The van der Waals surface area contributed by atoms with Crippen molar-refractivity contribution in [1.29, 1.82) is 0 Å². The van der Waals surface area contributed by atoms with E-state index in [1.165, 1.54) is 4.70 Å². The molecule has 0 fully saturated rings. The van der Waals surface area contributed by atoms with Crippen molar-refractivity contribution in [2.45, 2.75) is 19.6 Å². The van der Waals surface area contributed by atoms with Gasteiger partial charge in [-0.3, -0.25) is 0 Å². The number of aliphatic hydroxyl groups excluding tert-OH is 1.